The second-order valence-corrected chi connectivity index (χ2v) is 6.85. The monoisotopic (exact) mass is 363 g/mol. The Morgan fingerprint density at radius 2 is 1.78 bits per heavy atom. The predicted octanol–water partition coefficient (Wildman–Crippen LogP) is 2.88. The van der Waals surface area contributed by atoms with Gasteiger partial charge in [0, 0.05) is 17.3 Å². The first-order valence-electron chi connectivity index (χ1n) is 8.96. The van der Waals surface area contributed by atoms with E-state index in [2.05, 4.69) is 10.2 Å². The molecule has 0 spiro atoms. The van der Waals surface area contributed by atoms with Crippen molar-refractivity contribution in [2.24, 2.45) is 0 Å². The Labute approximate surface area is 156 Å². The number of pyridine rings is 1. The molecule has 0 radical (unpaired) electrons. The largest absolute Gasteiger partial charge is 0.437 e. The minimum Gasteiger partial charge on any atom is -0.437 e. The highest BCUT2D eigenvalue weighted by Gasteiger charge is 2.22. The molecular weight excluding hydrogens is 342 g/mol. The standard InChI is InChI=1S/C21H21N3O3/c1-23(2)13-7-12-22-19(25)18-14-8-3-4-9-15(14)20(26)24-16-10-5-6-11-17(16)27-21(18)24/h3-6,8-11H,7,12-13H2,1-2H3,(H,22,25). The Morgan fingerprint density at radius 1 is 1.07 bits per heavy atom. The molecule has 0 saturated carbocycles. The van der Waals surface area contributed by atoms with E-state index in [1.807, 2.05) is 38.4 Å². The number of nitrogens with zero attached hydrogens (tertiary/aromatic N) is 2. The minimum atomic E-state index is -0.235. The van der Waals surface area contributed by atoms with Gasteiger partial charge in [0.05, 0.1) is 5.52 Å². The molecule has 6 nitrogen and oxygen atoms in total. The van der Waals surface area contributed by atoms with E-state index in [1.54, 1.807) is 24.3 Å². The van der Waals surface area contributed by atoms with Crippen LogP contribution in [-0.4, -0.2) is 42.4 Å². The zero-order chi connectivity index (χ0) is 19.0. The molecule has 2 heterocycles. The van der Waals surface area contributed by atoms with E-state index in [1.165, 1.54) is 4.40 Å². The average Bonchev–Trinajstić information content (AvgIpc) is 3.04. The summed E-state index contributed by atoms with van der Waals surface area (Å²) < 4.78 is 7.42. The molecule has 138 valence electrons. The number of nitrogens with one attached hydrogen (secondary N) is 1. The van der Waals surface area contributed by atoms with Crippen LogP contribution >= 0.6 is 0 Å². The number of fused-ring (bicyclic) bond motifs is 4. The Bertz CT molecular complexity index is 1200. The van der Waals surface area contributed by atoms with Crippen molar-refractivity contribution < 1.29 is 9.21 Å². The number of benzene rings is 2. The predicted molar refractivity (Wildman–Crippen MR) is 106 cm³/mol. The van der Waals surface area contributed by atoms with Gasteiger partial charge >= 0.3 is 0 Å². The summed E-state index contributed by atoms with van der Waals surface area (Å²) in [6, 6.07) is 14.5. The number of carbonyl (C=O) groups is 1. The van der Waals surface area contributed by atoms with Crippen molar-refractivity contribution in [2.45, 2.75) is 6.42 Å². The lowest BCUT2D eigenvalue weighted by Gasteiger charge is -2.11. The Morgan fingerprint density at radius 3 is 2.56 bits per heavy atom. The molecule has 0 atom stereocenters. The van der Waals surface area contributed by atoms with E-state index in [0.717, 1.165) is 13.0 Å². The molecule has 0 aliphatic rings. The molecule has 27 heavy (non-hydrogen) atoms. The van der Waals surface area contributed by atoms with Gasteiger partial charge in [-0.2, -0.15) is 0 Å². The molecule has 2 aromatic carbocycles. The number of aromatic nitrogens is 1. The Balaban J connectivity index is 1.90. The van der Waals surface area contributed by atoms with Crippen LogP contribution in [0.3, 0.4) is 0 Å². The van der Waals surface area contributed by atoms with Crippen LogP contribution < -0.4 is 10.9 Å². The van der Waals surface area contributed by atoms with E-state index in [9.17, 15) is 9.59 Å². The summed E-state index contributed by atoms with van der Waals surface area (Å²) in [7, 11) is 3.99. The number of rotatable bonds is 5. The summed E-state index contributed by atoms with van der Waals surface area (Å²) in [6.07, 6.45) is 0.840. The topological polar surface area (TPSA) is 67.0 Å². The third-order valence-corrected chi connectivity index (χ3v) is 4.65. The van der Waals surface area contributed by atoms with Gasteiger partial charge in [-0.15, -0.1) is 0 Å². The van der Waals surface area contributed by atoms with Crippen molar-refractivity contribution in [2.75, 3.05) is 27.2 Å². The SMILES string of the molecule is CN(C)CCCNC(=O)c1c2ccccc2c(=O)n2c1oc1ccccc12. The van der Waals surface area contributed by atoms with Crippen LogP contribution in [0.25, 0.3) is 27.6 Å². The van der Waals surface area contributed by atoms with Gasteiger partial charge in [0.2, 0.25) is 5.71 Å². The first-order valence-corrected chi connectivity index (χ1v) is 8.96. The van der Waals surface area contributed by atoms with Crippen molar-refractivity contribution in [3.8, 4) is 0 Å². The molecule has 1 amide bonds. The molecule has 6 heteroatoms. The van der Waals surface area contributed by atoms with Crippen LogP contribution in [0.4, 0.5) is 0 Å². The highest BCUT2D eigenvalue weighted by Crippen LogP contribution is 2.26. The van der Waals surface area contributed by atoms with Gasteiger partial charge in [-0.3, -0.25) is 9.59 Å². The van der Waals surface area contributed by atoms with Crippen molar-refractivity contribution >= 4 is 33.5 Å². The van der Waals surface area contributed by atoms with Crippen molar-refractivity contribution in [1.82, 2.24) is 14.6 Å². The maximum atomic E-state index is 13.0. The highest BCUT2D eigenvalue weighted by molar-refractivity contribution is 6.12. The van der Waals surface area contributed by atoms with Crippen LogP contribution in [0.1, 0.15) is 16.8 Å². The molecule has 0 fully saturated rings. The summed E-state index contributed by atoms with van der Waals surface area (Å²) in [4.78, 5) is 28.1. The molecule has 0 aliphatic carbocycles. The lowest BCUT2D eigenvalue weighted by molar-refractivity contribution is 0.0954. The van der Waals surface area contributed by atoms with Crippen molar-refractivity contribution in [1.29, 1.82) is 0 Å². The van der Waals surface area contributed by atoms with Crippen LogP contribution in [0.15, 0.2) is 57.7 Å². The normalized spacial score (nSPS) is 11.7. The number of carbonyl (C=O) groups excluding carboxylic acids is 1. The summed E-state index contributed by atoms with van der Waals surface area (Å²) >= 11 is 0. The van der Waals surface area contributed by atoms with Crippen LogP contribution in [0, 0.1) is 0 Å². The second kappa shape index (κ2) is 6.89. The van der Waals surface area contributed by atoms with Gasteiger partial charge in [0.25, 0.3) is 11.5 Å². The fourth-order valence-electron chi connectivity index (χ4n) is 3.38. The molecule has 0 bridgehead atoms. The van der Waals surface area contributed by atoms with E-state index < -0.39 is 0 Å². The van der Waals surface area contributed by atoms with Gasteiger partial charge in [-0.25, -0.2) is 4.40 Å². The van der Waals surface area contributed by atoms with E-state index >= 15 is 0 Å². The van der Waals surface area contributed by atoms with Crippen LogP contribution in [0.5, 0.6) is 0 Å². The number of para-hydroxylation sites is 2. The number of hydrogen-bond acceptors (Lipinski definition) is 4. The number of amides is 1. The first-order chi connectivity index (χ1) is 13.1. The van der Waals surface area contributed by atoms with E-state index in [4.69, 9.17) is 4.42 Å². The maximum Gasteiger partial charge on any atom is 0.265 e. The molecule has 0 aliphatic heterocycles. The van der Waals surface area contributed by atoms with Crippen molar-refractivity contribution in [3.63, 3.8) is 0 Å². The zero-order valence-electron chi connectivity index (χ0n) is 15.4. The second-order valence-electron chi connectivity index (χ2n) is 6.85. The molecule has 4 rings (SSSR count). The summed E-state index contributed by atoms with van der Waals surface area (Å²) in [6.45, 7) is 1.44. The third-order valence-electron chi connectivity index (χ3n) is 4.65. The third kappa shape index (κ3) is 2.98. The van der Waals surface area contributed by atoms with Gasteiger partial charge in [-0.1, -0.05) is 30.3 Å². The molecule has 2 aromatic heterocycles. The number of oxazole rings is 1. The molecular formula is C21H21N3O3. The van der Waals surface area contributed by atoms with Gasteiger partial charge in [0.15, 0.2) is 5.58 Å². The van der Waals surface area contributed by atoms with Gasteiger partial charge < -0.3 is 14.6 Å². The van der Waals surface area contributed by atoms with Gasteiger partial charge in [-0.05, 0) is 45.3 Å². The lowest BCUT2D eigenvalue weighted by Crippen LogP contribution is -2.28. The Hall–Kier alpha value is -3.12. The van der Waals surface area contributed by atoms with Gasteiger partial charge in [0.1, 0.15) is 5.56 Å². The minimum absolute atomic E-state index is 0.185. The quantitative estimate of drug-likeness (QED) is 0.554. The summed E-state index contributed by atoms with van der Waals surface area (Å²) in [5, 5.41) is 4.06. The molecule has 4 aromatic rings. The Kier molecular flexibility index (Phi) is 4.41. The van der Waals surface area contributed by atoms with E-state index in [0.29, 0.717) is 34.0 Å². The fourth-order valence-corrected chi connectivity index (χ4v) is 3.38. The first kappa shape index (κ1) is 17.3. The van der Waals surface area contributed by atoms with Crippen molar-refractivity contribution in [3.05, 3.63) is 64.4 Å². The molecule has 0 unspecified atom stereocenters. The highest BCUT2D eigenvalue weighted by atomic mass is 16.3. The van der Waals surface area contributed by atoms with Crippen LogP contribution in [-0.2, 0) is 0 Å². The fraction of sp³-hybridized carbons (Fsp3) is 0.238. The maximum absolute atomic E-state index is 13.0. The zero-order valence-corrected chi connectivity index (χ0v) is 15.4. The summed E-state index contributed by atoms with van der Waals surface area (Å²) in [5.41, 5.74) is 1.72. The average molecular weight is 363 g/mol. The lowest BCUT2D eigenvalue weighted by atomic mass is 10.1. The molecule has 0 saturated heterocycles. The number of hydrogen-bond donors (Lipinski definition) is 1. The van der Waals surface area contributed by atoms with Crippen LogP contribution in [0.2, 0.25) is 0 Å². The summed E-state index contributed by atoms with van der Waals surface area (Å²) in [5.74, 6) is -0.235. The molecule has 1 N–H and O–H groups in total. The van der Waals surface area contributed by atoms with E-state index in [-0.39, 0.29) is 17.2 Å². The smallest absolute Gasteiger partial charge is 0.265 e.